The third-order valence-corrected chi connectivity index (χ3v) is 2.25. The fourth-order valence-corrected chi connectivity index (χ4v) is 1.47. The summed E-state index contributed by atoms with van der Waals surface area (Å²) in [6.07, 6.45) is 0. The molecule has 0 saturated heterocycles. The molecule has 13 heavy (non-hydrogen) atoms. The Morgan fingerprint density at radius 2 is 1.92 bits per heavy atom. The quantitative estimate of drug-likeness (QED) is 0.390. The molecule has 6 heteroatoms. The van der Waals surface area contributed by atoms with E-state index < -0.39 is 20.8 Å². The number of rotatable bonds is 1. The second-order valence-corrected chi connectivity index (χ2v) is 3.82. The maximum Gasteiger partial charge on any atom is 1.00 e. The Morgan fingerprint density at radius 3 is 2.31 bits per heavy atom. The van der Waals surface area contributed by atoms with E-state index >= 15 is 0 Å². The average molecular weight is 194 g/mol. The van der Waals surface area contributed by atoms with E-state index in [4.69, 9.17) is 4.55 Å². The van der Waals surface area contributed by atoms with Gasteiger partial charge in [0.25, 0.3) is 10.1 Å². The number of benzene rings is 1. The van der Waals surface area contributed by atoms with Gasteiger partial charge in [-0.1, -0.05) is 17.9 Å². The summed E-state index contributed by atoms with van der Waals surface area (Å²) in [5, 5.41) is 10.9. The van der Waals surface area contributed by atoms with E-state index in [1.54, 1.807) is 6.92 Å². The summed E-state index contributed by atoms with van der Waals surface area (Å²) < 4.78 is 29.7. The second kappa shape index (κ2) is 4.16. The first-order chi connectivity index (χ1) is 5.41. The van der Waals surface area contributed by atoms with E-state index in [-0.39, 0.29) is 18.9 Å². The molecule has 1 rings (SSSR count). The van der Waals surface area contributed by atoms with Crippen molar-refractivity contribution in [3.05, 3.63) is 23.8 Å². The monoisotopic (exact) mass is 194 g/mol. The molecule has 4 nitrogen and oxygen atoms in total. The molecule has 0 spiro atoms. The van der Waals surface area contributed by atoms with Gasteiger partial charge in [-0.2, -0.15) is 8.42 Å². The molecule has 0 aliphatic carbocycles. The molecular formula is C7H7LiO4S. The van der Waals surface area contributed by atoms with Gasteiger partial charge in [0.2, 0.25) is 0 Å². The third kappa shape index (κ3) is 3.05. The summed E-state index contributed by atoms with van der Waals surface area (Å²) in [7, 11) is -4.37. The van der Waals surface area contributed by atoms with Crippen LogP contribution in [0, 0.1) is 6.92 Å². The Bertz CT molecular complexity index is 399. The van der Waals surface area contributed by atoms with Gasteiger partial charge < -0.3 is 5.11 Å². The first-order valence-electron chi connectivity index (χ1n) is 3.16. The van der Waals surface area contributed by atoms with Crippen LogP contribution in [0.1, 0.15) is 5.56 Å². The van der Waals surface area contributed by atoms with Crippen molar-refractivity contribution in [3.8, 4) is 5.75 Å². The van der Waals surface area contributed by atoms with Crippen LogP contribution >= 0.6 is 0 Å². The van der Waals surface area contributed by atoms with Crippen LogP contribution in [0.25, 0.3) is 0 Å². The van der Waals surface area contributed by atoms with Gasteiger partial charge in [-0.15, -0.1) is 0 Å². The second-order valence-electron chi connectivity index (χ2n) is 2.43. The number of aryl methyl sites for hydroxylation is 1. The SMILES string of the molecule is Cc1ccc([O-])c(S(=O)(=O)O)c1.[Li+]. The molecule has 0 aliphatic rings. The Morgan fingerprint density at radius 1 is 1.38 bits per heavy atom. The van der Waals surface area contributed by atoms with E-state index in [0.717, 1.165) is 12.1 Å². The molecule has 0 unspecified atom stereocenters. The van der Waals surface area contributed by atoms with Gasteiger partial charge in [0.1, 0.15) is 0 Å². The molecule has 0 saturated carbocycles. The van der Waals surface area contributed by atoms with Crippen LogP contribution in [-0.4, -0.2) is 13.0 Å². The molecule has 0 bridgehead atoms. The Labute approximate surface area is 88.5 Å². The number of hydrogen-bond acceptors (Lipinski definition) is 3. The van der Waals surface area contributed by atoms with E-state index in [1.807, 2.05) is 0 Å². The Kier molecular flexibility index (Phi) is 4.01. The summed E-state index contributed by atoms with van der Waals surface area (Å²) >= 11 is 0. The zero-order valence-electron chi connectivity index (χ0n) is 7.31. The van der Waals surface area contributed by atoms with Crippen LogP contribution in [-0.2, 0) is 10.1 Å². The summed E-state index contributed by atoms with van der Waals surface area (Å²) in [5.74, 6) is -0.692. The Balaban J connectivity index is 0.00000144. The van der Waals surface area contributed by atoms with E-state index in [1.165, 1.54) is 6.07 Å². The molecule has 0 heterocycles. The van der Waals surface area contributed by atoms with Crippen LogP contribution in [0.2, 0.25) is 0 Å². The third-order valence-electron chi connectivity index (χ3n) is 1.38. The predicted octanol–water partition coefficient (Wildman–Crippen LogP) is -2.68. The maximum absolute atomic E-state index is 10.9. The van der Waals surface area contributed by atoms with Crippen LogP contribution < -0.4 is 24.0 Å². The summed E-state index contributed by atoms with van der Waals surface area (Å²) in [4.78, 5) is -0.567. The summed E-state index contributed by atoms with van der Waals surface area (Å²) in [6, 6.07) is 3.73. The molecule has 1 aromatic carbocycles. The van der Waals surface area contributed by atoms with Gasteiger partial charge in [-0.3, -0.25) is 4.55 Å². The van der Waals surface area contributed by atoms with Gasteiger partial charge in [0.15, 0.2) is 0 Å². The van der Waals surface area contributed by atoms with Gasteiger partial charge in [-0.05, 0) is 18.6 Å². The molecular weight excluding hydrogens is 187 g/mol. The first kappa shape index (κ1) is 12.5. The largest absolute Gasteiger partial charge is 1.00 e. The predicted molar refractivity (Wildman–Crippen MR) is 40.4 cm³/mol. The molecule has 0 fully saturated rings. The zero-order chi connectivity index (χ0) is 9.35. The van der Waals surface area contributed by atoms with Crippen molar-refractivity contribution in [2.45, 2.75) is 11.8 Å². The molecule has 66 valence electrons. The summed E-state index contributed by atoms with van der Waals surface area (Å²) in [6.45, 7) is 1.63. The van der Waals surface area contributed by atoms with Crippen molar-refractivity contribution in [2.75, 3.05) is 0 Å². The van der Waals surface area contributed by atoms with E-state index in [2.05, 4.69) is 0 Å². The van der Waals surface area contributed by atoms with Crippen LogP contribution in [0.3, 0.4) is 0 Å². The molecule has 0 amide bonds. The van der Waals surface area contributed by atoms with Crippen LogP contribution in [0.4, 0.5) is 0 Å². The van der Waals surface area contributed by atoms with Crippen molar-refractivity contribution in [3.63, 3.8) is 0 Å². The zero-order valence-corrected chi connectivity index (χ0v) is 8.13. The standard InChI is InChI=1S/C7H8O4S.Li/c1-5-2-3-6(8)7(4-5)12(9,10)11;/h2-4,8H,1H3,(H,9,10,11);/q;+1/p-1. The minimum absolute atomic E-state index is 0. The van der Waals surface area contributed by atoms with Gasteiger partial charge in [0, 0.05) is 0 Å². The fraction of sp³-hybridized carbons (Fsp3) is 0.143. The minimum atomic E-state index is -4.37. The smallest absolute Gasteiger partial charge is 0.872 e. The van der Waals surface area contributed by atoms with Crippen molar-refractivity contribution >= 4 is 10.1 Å². The molecule has 0 aliphatic heterocycles. The van der Waals surface area contributed by atoms with E-state index in [9.17, 15) is 13.5 Å². The van der Waals surface area contributed by atoms with Crippen LogP contribution in [0.15, 0.2) is 23.1 Å². The van der Waals surface area contributed by atoms with E-state index in [0.29, 0.717) is 5.56 Å². The molecule has 1 N–H and O–H groups in total. The van der Waals surface area contributed by atoms with Gasteiger partial charge in [-0.25, -0.2) is 0 Å². The molecule has 0 radical (unpaired) electrons. The van der Waals surface area contributed by atoms with Crippen LogP contribution in [0.5, 0.6) is 5.75 Å². The number of hydrogen-bond donors (Lipinski definition) is 1. The molecule has 0 atom stereocenters. The first-order valence-corrected chi connectivity index (χ1v) is 4.60. The van der Waals surface area contributed by atoms with Crippen molar-refractivity contribution < 1.29 is 36.9 Å². The van der Waals surface area contributed by atoms with Crippen molar-refractivity contribution in [1.29, 1.82) is 0 Å². The summed E-state index contributed by atoms with van der Waals surface area (Å²) in [5.41, 5.74) is 0.613. The maximum atomic E-state index is 10.9. The van der Waals surface area contributed by atoms with Crippen molar-refractivity contribution in [2.24, 2.45) is 0 Å². The topological polar surface area (TPSA) is 77.4 Å². The minimum Gasteiger partial charge on any atom is -0.872 e. The van der Waals surface area contributed by atoms with Gasteiger partial charge in [0.05, 0.1) is 4.90 Å². The molecule has 1 aromatic rings. The fourth-order valence-electron chi connectivity index (χ4n) is 0.817. The average Bonchev–Trinajstić information content (AvgIpc) is 1.92. The normalized spacial score (nSPS) is 10.6. The van der Waals surface area contributed by atoms with Gasteiger partial charge >= 0.3 is 18.9 Å². The Hall–Kier alpha value is -0.473. The van der Waals surface area contributed by atoms with Crippen molar-refractivity contribution in [1.82, 2.24) is 0 Å². The molecule has 0 aromatic heterocycles.